The molecule has 1 aliphatic carbocycles. The van der Waals surface area contributed by atoms with E-state index in [1.54, 1.807) is 48.5 Å². The standard InChI is InChI=1S/C18H19N3O3S/c22-25(23,15-4-2-1-3-5-15)18-16-12-14(8-9-17(16)20-21-18)24-11-10-19-13-6-7-13/h1-5,8-9,12-13,19H,6-7,10-11H2,(H,20,21). The van der Waals surface area contributed by atoms with E-state index in [0.717, 1.165) is 6.54 Å². The van der Waals surface area contributed by atoms with Gasteiger partial charge in [0.2, 0.25) is 9.84 Å². The first-order valence-electron chi connectivity index (χ1n) is 8.29. The molecule has 1 saturated carbocycles. The van der Waals surface area contributed by atoms with Crippen LogP contribution in [0.1, 0.15) is 12.8 Å². The smallest absolute Gasteiger partial charge is 0.223 e. The third kappa shape index (κ3) is 3.38. The fourth-order valence-corrected chi connectivity index (χ4v) is 4.07. The monoisotopic (exact) mass is 357 g/mol. The molecule has 0 bridgehead atoms. The second kappa shape index (κ2) is 6.50. The molecule has 1 fully saturated rings. The molecule has 1 aliphatic rings. The minimum Gasteiger partial charge on any atom is -0.492 e. The van der Waals surface area contributed by atoms with Gasteiger partial charge in [0.1, 0.15) is 12.4 Å². The van der Waals surface area contributed by atoms with Crippen LogP contribution in [0.3, 0.4) is 0 Å². The number of sulfone groups is 1. The molecule has 0 aliphatic heterocycles. The number of ether oxygens (including phenoxy) is 1. The number of aromatic nitrogens is 2. The van der Waals surface area contributed by atoms with Gasteiger partial charge in [0, 0.05) is 18.0 Å². The van der Waals surface area contributed by atoms with Gasteiger partial charge >= 0.3 is 0 Å². The summed E-state index contributed by atoms with van der Waals surface area (Å²) >= 11 is 0. The highest BCUT2D eigenvalue weighted by molar-refractivity contribution is 7.91. The zero-order valence-corrected chi connectivity index (χ0v) is 14.4. The predicted molar refractivity (Wildman–Crippen MR) is 94.5 cm³/mol. The van der Waals surface area contributed by atoms with E-state index in [9.17, 15) is 8.42 Å². The summed E-state index contributed by atoms with van der Waals surface area (Å²) in [5.74, 6) is 0.635. The van der Waals surface area contributed by atoms with Crippen LogP contribution in [-0.4, -0.2) is 37.8 Å². The van der Waals surface area contributed by atoms with Crippen molar-refractivity contribution in [2.45, 2.75) is 28.8 Å². The number of hydrogen-bond acceptors (Lipinski definition) is 5. The van der Waals surface area contributed by atoms with Crippen molar-refractivity contribution < 1.29 is 13.2 Å². The largest absolute Gasteiger partial charge is 0.492 e. The molecule has 0 unspecified atom stereocenters. The molecule has 3 aromatic rings. The van der Waals surface area contributed by atoms with Crippen molar-refractivity contribution in [3.8, 4) is 5.75 Å². The van der Waals surface area contributed by atoms with E-state index in [1.165, 1.54) is 12.8 Å². The first-order chi connectivity index (χ1) is 12.1. The number of rotatable bonds is 7. The molecule has 2 N–H and O–H groups in total. The zero-order valence-electron chi connectivity index (χ0n) is 13.6. The maximum Gasteiger partial charge on any atom is 0.223 e. The van der Waals surface area contributed by atoms with Crippen LogP contribution >= 0.6 is 0 Å². The van der Waals surface area contributed by atoms with Crippen LogP contribution in [-0.2, 0) is 9.84 Å². The average molecular weight is 357 g/mol. The van der Waals surface area contributed by atoms with Crippen molar-refractivity contribution in [3.63, 3.8) is 0 Å². The summed E-state index contributed by atoms with van der Waals surface area (Å²) in [4.78, 5) is 0.237. The Morgan fingerprint density at radius 1 is 1.16 bits per heavy atom. The number of H-pyrrole nitrogens is 1. The van der Waals surface area contributed by atoms with Gasteiger partial charge in [-0.2, -0.15) is 5.10 Å². The van der Waals surface area contributed by atoms with Crippen molar-refractivity contribution >= 4 is 20.7 Å². The highest BCUT2D eigenvalue weighted by Crippen LogP contribution is 2.29. The van der Waals surface area contributed by atoms with Crippen LogP contribution in [0, 0.1) is 0 Å². The molecule has 0 atom stereocenters. The van der Waals surface area contributed by atoms with E-state index < -0.39 is 9.84 Å². The Labute approximate surface area is 146 Å². The molecular formula is C18H19N3O3S. The molecule has 2 aromatic carbocycles. The van der Waals surface area contributed by atoms with Gasteiger partial charge in [-0.05, 0) is 43.2 Å². The fourth-order valence-electron chi connectivity index (χ4n) is 2.70. The van der Waals surface area contributed by atoms with Gasteiger partial charge in [-0.3, -0.25) is 5.10 Å². The number of fused-ring (bicyclic) bond motifs is 1. The van der Waals surface area contributed by atoms with Crippen molar-refractivity contribution in [3.05, 3.63) is 48.5 Å². The maximum atomic E-state index is 12.8. The van der Waals surface area contributed by atoms with E-state index in [0.29, 0.717) is 29.3 Å². The Morgan fingerprint density at radius 2 is 1.96 bits per heavy atom. The molecule has 6 nitrogen and oxygen atoms in total. The van der Waals surface area contributed by atoms with E-state index in [4.69, 9.17) is 4.74 Å². The number of nitrogens with zero attached hydrogens (tertiary/aromatic N) is 1. The third-order valence-corrected chi connectivity index (χ3v) is 5.94. The fraction of sp³-hybridized carbons (Fsp3) is 0.278. The topological polar surface area (TPSA) is 84.1 Å². The molecule has 7 heteroatoms. The van der Waals surface area contributed by atoms with E-state index >= 15 is 0 Å². The molecule has 25 heavy (non-hydrogen) atoms. The van der Waals surface area contributed by atoms with Crippen LogP contribution in [0.25, 0.3) is 10.9 Å². The van der Waals surface area contributed by atoms with Gasteiger partial charge in [0.05, 0.1) is 10.4 Å². The van der Waals surface area contributed by atoms with Crippen molar-refractivity contribution in [2.75, 3.05) is 13.2 Å². The molecule has 0 saturated heterocycles. The quantitative estimate of drug-likeness (QED) is 0.635. The summed E-state index contributed by atoms with van der Waals surface area (Å²) in [6.07, 6.45) is 2.48. The van der Waals surface area contributed by atoms with Gasteiger partial charge in [-0.1, -0.05) is 18.2 Å². The van der Waals surface area contributed by atoms with Crippen LogP contribution < -0.4 is 10.1 Å². The molecular weight excluding hydrogens is 338 g/mol. The normalized spacial score (nSPS) is 14.7. The highest BCUT2D eigenvalue weighted by atomic mass is 32.2. The average Bonchev–Trinajstić information content (AvgIpc) is 3.36. The first kappa shape index (κ1) is 16.1. The minimum atomic E-state index is -3.65. The summed E-state index contributed by atoms with van der Waals surface area (Å²) in [6.45, 7) is 1.32. The summed E-state index contributed by atoms with van der Waals surface area (Å²) in [5.41, 5.74) is 0.595. The van der Waals surface area contributed by atoms with Gasteiger partial charge < -0.3 is 10.1 Å². The predicted octanol–water partition coefficient (Wildman–Crippen LogP) is 2.53. The summed E-state index contributed by atoms with van der Waals surface area (Å²) in [7, 11) is -3.65. The number of hydrogen-bond donors (Lipinski definition) is 2. The second-order valence-electron chi connectivity index (χ2n) is 6.13. The van der Waals surface area contributed by atoms with E-state index in [2.05, 4.69) is 15.5 Å². The Kier molecular flexibility index (Phi) is 4.19. The molecule has 0 amide bonds. The summed E-state index contributed by atoms with van der Waals surface area (Å²) < 4.78 is 31.4. The minimum absolute atomic E-state index is 0.0928. The number of benzene rings is 2. The lowest BCUT2D eigenvalue weighted by Gasteiger charge is -2.07. The molecule has 0 radical (unpaired) electrons. The van der Waals surface area contributed by atoms with Crippen molar-refractivity contribution in [1.82, 2.24) is 15.5 Å². The lowest BCUT2D eigenvalue weighted by atomic mass is 10.2. The van der Waals surface area contributed by atoms with Crippen molar-refractivity contribution in [2.24, 2.45) is 0 Å². The van der Waals surface area contributed by atoms with Crippen molar-refractivity contribution in [1.29, 1.82) is 0 Å². The SMILES string of the molecule is O=S(=O)(c1ccccc1)c1[nH]nc2ccc(OCCNC3CC3)cc12. The molecule has 130 valence electrons. The molecule has 4 rings (SSSR count). The van der Waals surface area contributed by atoms with Gasteiger partial charge in [0.15, 0.2) is 5.03 Å². The Bertz CT molecular complexity index is 979. The number of nitrogens with one attached hydrogen (secondary N) is 2. The summed E-state index contributed by atoms with van der Waals surface area (Å²) in [6, 6.07) is 14.3. The number of aromatic amines is 1. The van der Waals surface area contributed by atoms with E-state index in [1.807, 2.05) is 0 Å². The van der Waals surface area contributed by atoms with Gasteiger partial charge in [-0.15, -0.1) is 0 Å². The summed E-state index contributed by atoms with van der Waals surface area (Å²) in [5, 5.41) is 10.8. The molecule has 0 spiro atoms. The van der Waals surface area contributed by atoms with Gasteiger partial charge in [-0.25, -0.2) is 8.42 Å². The lowest BCUT2D eigenvalue weighted by molar-refractivity contribution is 0.314. The van der Waals surface area contributed by atoms with E-state index in [-0.39, 0.29) is 9.92 Å². The lowest BCUT2D eigenvalue weighted by Crippen LogP contribution is -2.22. The van der Waals surface area contributed by atoms with Crippen LogP contribution in [0.15, 0.2) is 58.5 Å². The second-order valence-corrected chi connectivity index (χ2v) is 8.01. The van der Waals surface area contributed by atoms with Crippen LogP contribution in [0.2, 0.25) is 0 Å². The maximum absolute atomic E-state index is 12.8. The Morgan fingerprint density at radius 3 is 2.72 bits per heavy atom. The Balaban J connectivity index is 1.60. The van der Waals surface area contributed by atoms with Crippen LogP contribution in [0.4, 0.5) is 0 Å². The zero-order chi connectivity index (χ0) is 17.3. The Hall–Kier alpha value is -2.38. The van der Waals surface area contributed by atoms with Gasteiger partial charge in [0.25, 0.3) is 0 Å². The van der Waals surface area contributed by atoms with Crippen LogP contribution in [0.5, 0.6) is 5.75 Å². The first-order valence-corrected chi connectivity index (χ1v) is 9.77. The molecule has 1 heterocycles. The molecule has 1 aromatic heterocycles. The third-order valence-electron chi connectivity index (χ3n) is 4.19. The highest BCUT2D eigenvalue weighted by Gasteiger charge is 2.23.